The summed E-state index contributed by atoms with van der Waals surface area (Å²) in [7, 11) is 0. The van der Waals surface area contributed by atoms with Crippen molar-refractivity contribution in [2.45, 2.75) is 5.22 Å². The van der Waals surface area contributed by atoms with Gasteiger partial charge in [0.25, 0.3) is 5.22 Å². The molecule has 0 spiro atoms. The van der Waals surface area contributed by atoms with Crippen molar-refractivity contribution < 1.29 is 9.21 Å². The van der Waals surface area contributed by atoms with Crippen LogP contribution in [0.5, 0.6) is 0 Å². The first-order chi connectivity index (χ1) is 14.1. The van der Waals surface area contributed by atoms with E-state index in [9.17, 15) is 4.79 Å². The van der Waals surface area contributed by atoms with Crippen molar-refractivity contribution in [3.8, 4) is 11.5 Å². The third kappa shape index (κ3) is 5.04. The van der Waals surface area contributed by atoms with Crippen LogP contribution in [0.4, 0.5) is 5.69 Å². The fourth-order valence-corrected chi connectivity index (χ4v) is 3.98. The summed E-state index contributed by atoms with van der Waals surface area (Å²) in [6.45, 7) is 2.95. The molecule has 1 aliphatic heterocycles. The van der Waals surface area contributed by atoms with E-state index in [4.69, 9.17) is 27.6 Å². The first-order valence-corrected chi connectivity index (χ1v) is 10.8. The zero-order valence-corrected chi connectivity index (χ0v) is 17.8. The first-order valence-electron chi connectivity index (χ1n) is 9.09. The molecule has 1 saturated heterocycles. The first kappa shape index (κ1) is 20.1. The number of piperazine rings is 1. The molecule has 0 N–H and O–H groups in total. The van der Waals surface area contributed by atoms with Gasteiger partial charge in [0, 0.05) is 47.5 Å². The van der Waals surface area contributed by atoms with Gasteiger partial charge in [-0.05, 0) is 48.5 Å². The van der Waals surface area contributed by atoms with Crippen molar-refractivity contribution in [3.05, 3.63) is 58.6 Å². The Kier molecular flexibility index (Phi) is 6.28. The number of amides is 1. The molecule has 6 nitrogen and oxygen atoms in total. The molecule has 1 amide bonds. The second-order valence-electron chi connectivity index (χ2n) is 6.51. The van der Waals surface area contributed by atoms with Gasteiger partial charge >= 0.3 is 0 Å². The minimum absolute atomic E-state index is 0.0667. The van der Waals surface area contributed by atoms with Gasteiger partial charge in [-0.2, -0.15) is 0 Å². The van der Waals surface area contributed by atoms with Gasteiger partial charge in [0.2, 0.25) is 11.8 Å². The summed E-state index contributed by atoms with van der Waals surface area (Å²) >= 11 is 13.1. The number of carbonyl (C=O) groups excluding carboxylic acids is 1. The van der Waals surface area contributed by atoms with Gasteiger partial charge in [0.05, 0.1) is 5.75 Å². The highest BCUT2D eigenvalue weighted by molar-refractivity contribution is 7.99. The minimum Gasteiger partial charge on any atom is -0.411 e. The summed E-state index contributed by atoms with van der Waals surface area (Å²) in [6.07, 6.45) is 0. The van der Waals surface area contributed by atoms with Gasteiger partial charge in [0.15, 0.2) is 0 Å². The summed E-state index contributed by atoms with van der Waals surface area (Å²) in [4.78, 5) is 16.7. The number of aromatic nitrogens is 2. The third-order valence-electron chi connectivity index (χ3n) is 4.64. The molecule has 29 heavy (non-hydrogen) atoms. The summed E-state index contributed by atoms with van der Waals surface area (Å²) in [5.41, 5.74) is 1.91. The molecule has 0 atom stereocenters. The SMILES string of the molecule is O=C(CSc1nnc(-c2ccc(Cl)cc2)o1)N1CCN(c2ccc(Cl)cc2)CC1. The highest BCUT2D eigenvalue weighted by Crippen LogP contribution is 2.25. The van der Waals surface area contributed by atoms with Crippen LogP contribution in [-0.4, -0.2) is 52.9 Å². The van der Waals surface area contributed by atoms with Gasteiger partial charge < -0.3 is 14.2 Å². The lowest BCUT2D eigenvalue weighted by molar-refractivity contribution is -0.128. The van der Waals surface area contributed by atoms with E-state index in [-0.39, 0.29) is 11.7 Å². The van der Waals surface area contributed by atoms with Crippen LogP contribution in [0.15, 0.2) is 58.2 Å². The Morgan fingerprint density at radius 1 is 0.931 bits per heavy atom. The van der Waals surface area contributed by atoms with Gasteiger partial charge in [-0.15, -0.1) is 10.2 Å². The van der Waals surface area contributed by atoms with Crippen molar-refractivity contribution in [1.29, 1.82) is 0 Å². The van der Waals surface area contributed by atoms with Gasteiger partial charge in [-0.25, -0.2) is 0 Å². The van der Waals surface area contributed by atoms with Crippen molar-refractivity contribution in [2.24, 2.45) is 0 Å². The monoisotopic (exact) mass is 448 g/mol. The zero-order valence-electron chi connectivity index (χ0n) is 15.4. The predicted octanol–water partition coefficient (Wildman–Crippen LogP) is 4.48. The number of benzene rings is 2. The maximum Gasteiger partial charge on any atom is 0.277 e. The third-order valence-corrected chi connectivity index (χ3v) is 5.95. The van der Waals surface area contributed by atoms with Crippen molar-refractivity contribution in [3.63, 3.8) is 0 Å². The lowest BCUT2D eigenvalue weighted by Gasteiger charge is -2.36. The molecule has 9 heteroatoms. The molecule has 150 valence electrons. The highest BCUT2D eigenvalue weighted by Gasteiger charge is 2.22. The number of carbonyl (C=O) groups is 1. The number of nitrogens with zero attached hydrogens (tertiary/aromatic N) is 4. The van der Waals surface area contributed by atoms with Crippen LogP contribution < -0.4 is 4.90 Å². The highest BCUT2D eigenvalue weighted by atomic mass is 35.5. The molecule has 1 aromatic heterocycles. The number of halogens is 2. The topological polar surface area (TPSA) is 62.5 Å². The van der Waals surface area contributed by atoms with E-state index < -0.39 is 0 Å². The fraction of sp³-hybridized carbons (Fsp3) is 0.250. The van der Waals surface area contributed by atoms with Crippen LogP contribution >= 0.6 is 35.0 Å². The second-order valence-corrected chi connectivity index (χ2v) is 8.31. The van der Waals surface area contributed by atoms with Crippen molar-refractivity contribution in [1.82, 2.24) is 15.1 Å². The minimum atomic E-state index is 0.0667. The van der Waals surface area contributed by atoms with Crippen molar-refractivity contribution >= 4 is 46.6 Å². The summed E-state index contributed by atoms with van der Waals surface area (Å²) < 4.78 is 5.64. The average molecular weight is 449 g/mol. The predicted molar refractivity (Wildman–Crippen MR) is 116 cm³/mol. The number of hydrogen-bond donors (Lipinski definition) is 0. The molecular weight excluding hydrogens is 431 g/mol. The van der Waals surface area contributed by atoms with E-state index in [1.807, 2.05) is 41.3 Å². The molecule has 2 aromatic carbocycles. The molecule has 1 fully saturated rings. The molecular formula is C20H18Cl2N4O2S. The Bertz CT molecular complexity index is 971. The van der Waals surface area contributed by atoms with Crippen LogP contribution in [0.25, 0.3) is 11.5 Å². The summed E-state index contributed by atoms with van der Waals surface area (Å²) in [5.74, 6) is 0.744. The lowest BCUT2D eigenvalue weighted by atomic mass is 10.2. The van der Waals surface area contributed by atoms with Crippen LogP contribution in [0.2, 0.25) is 10.0 Å². The number of rotatable bonds is 5. The lowest BCUT2D eigenvalue weighted by Crippen LogP contribution is -2.49. The molecule has 0 aliphatic carbocycles. The molecule has 0 saturated carbocycles. The molecule has 1 aliphatic rings. The number of thioether (sulfide) groups is 1. The van der Waals surface area contributed by atoms with Crippen LogP contribution in [0.3, 0.4) is 0 Å². The molecule has 0 radical (unpaired) electrons. The molecule has 2 heterocycles. The van der Waals surface area contributed by atoms with E-state index in [2.05, 4.69) is 15.1 Å². The van der Waals surface area contributed by atoms with Crippen LogP contribution in [-0.2, 0) is 4.79 Å². The fourth-order valence-electron chi connectivity index (χ4n) is 3.06. The molecule has 4 rings (SSSR count). The quantitative estimate of drug-likeness (QED) is 0.536. The van der Waals surface area contributed by atoms with E-state index in [1.165, 1.54) is 11.8 Å². The Labute approximate surface area is 182 Å². The Morgan fingerprint density at radius 2 is 1.55 bits per heavy atom. The van der Waals surface area contributed by atoms with E-state index in [0.717, 1.165) is 29.4 Å². The van der Waals surface area contributed by atoms with E-state index in [1.54, 1.807) is 12.1 Å². The summed E-state index contributed by atoms with van der Waals surface area (Å²) in [5, 5.41) is 9.79. The maximum absolute atomic E-state index is 12.5. The molecule has 0 bridgehead atoms. The molecule has 0 unspecified atom stereocenters. The second kappa shape index (κ2) is 9.07. The average Bonchev–Trinajstić information content (AvgIpc) is 3.22. The zero-order chi connectivity index (χ0) is 20.2. The van der Waals surface area contributed by atoms with Crippen LogP contribution in [0.1, 0.15) is 0 Å². The van der Waals surface area contributed by atoms with Gasteiger partial charge in [0.1, 0.15) is 0 Å². The van der Waals surface area contributed by atoms with Crippen LogP contribution in [0, 0.1) is 0 Å². The smallest absolute Gasteiger partial charge is 0.277 e. The van der Waals surface area contributed by atoms with Gasteiger partial charge in [-0.1, -0.05) is 35.0 Å². The van der Waals surface area contributed by atoms with Gasteiger partial charge in [-0.3, -0.25) is 4.79 Å². The Hall–Kier alpha value is -2.22. The number of hydrogen-bond acceptors (Lipinski definition) is 6. The number of anilines is 1. The van der Waals surface area contributed by atoms with E-state index in [0.29, 0.717) is 29.2 Å². The standard InChI is InChI=1S/C20H18Cl2N4O2S/c21-15-3-1-14(2-4-15)19-23-24-20(28-19)29-13-18(27)26-11-9-25(10-12-26)17-7-5-16(22)6-8-17/h1-8H,9-13H2. The van der Waals surface area contributed by atoms with E-state index >= 15 is 0 Å². The maximum atomic E-state index is 12.5. The largest absolute Gasteiger partial charge is 0.411 e. The Morgan fingerprint density at radius 3 is 2.21 bits per heavy atom. The normalized spacial score (nSPS) is 14.3. The van der Waals surface area contributed by atoms with Crippen molar-refractivity contribution in [2.75, 3.05) is 36.8 Å². The summed E-state index contributed by atoms with van der Waals surface area (Å²) in [6, 6.07) is 14.9. The Balaban J connectivity index is 1.27. The molecule has 3 aromatic rings.